The van der Waals surface area contributed by atoms with Crippen molar-refractivity contribution < 1.29 is 0 Å². The predicted octanol–water partition coefficient (Wildman–Crippen LogP) is 1.81. The minimum absolute atomic E-state index is 0.567. The first-order valence-electron chi connectivity index (χ1n) is 5.05. The second kappa shape index (κ2) is 6.54. The van der Waals surface area contributed by atoms with E-state index in [-0.39, 0.29) is 0 Å². The van der Waals surface area contributed by atoms with E-state index in [1.807, 2.05) is 13.1 Å². The lowest BCUT2D eigenvalue weighted by Gasteiger charge is -2.12. The molecule has 1 atom stereocenters. The van der Waals surface area contributed by atoms with Gasteiger partial charge in [-0.3, -0.25) is 5.43 Å². The first kappa shape index (κ1) is 11.2. The van der Waals surface area contributed by atoms with Gasteiger partial charge in [0.15, 0.2) is 5.11 Å². The molecule has 1 aliphatic rings. The van der Waals surface area contributed by atoms with Crippen LogP contribution in [0.2, 0.25) is 0 Å². The fraction of sp³-hybridized carbons (Fsp3) is 0.600. The molecule has 1 rings (SSSR count). The molecule has 2 N–H and O–H groups in total. The number of thiocarbonyl (C=S) groups is 1. The Kier molecular flexibility index (Phi) is 5.22. The second-order valence-electron chi connectivity index (χ2n) is 3.29. The van der Waals surface area contributed by atoms with Crippen molar-refractivity contribution in [2.45, 2.75) is 26.2 Å². The summed E-state index contributed by atoms with van der Waals surface area (Å²) in [5.41, 5.74) is 2.80. The molecule has 0 heterocycles. The zero-order chi connectivity index (χ0) is 10.2. The summed E-state index contributed by atoms with van der Waals surface area (Å²) in [7, 11) is 0. The number of hydrogen-bond acceptors (Lipinski definition) is 2. The van der Waals surface area contributed by atoms with Crippen LogP contribution < -0.4 is 10.7 Å². The molecule has 0 saturated carbocycles. The van der Waals surface area contributed by atoms with Gasteiger partial charge in [-0.25, -0.2) is 0 Å². The van der Waals surface area contributed by atoms with Crippen LogP contribution in [-0.4, -0.2) is 17.9 Å². The van der Waals surface area contributed by atoms with Crippen LogP contribution in [0, 0.1) is 5.92 Å². The van der Waals surface area contributed by atoms with Crippen LogP contribution in [0.5, 0.6) is 0 Å². The zero-order valence-corrected chi connectivity index (χ0v) is 9.31. The van der Waals surface area contributed by atoms with Crippen molar-refractivity contribution in [3.05, 3.63) is 12.2 Å². The summed E-state index contributed by atoms with van der Waals surface area (Å²) in [5.74, 6) is 0.567. The SMILES string of the molecule is CCNC(=S)NN=CC1CC=CCC1. The summed E-state index contributed by atoms with van der Waals surface area (Å²) in [5, 5.41) is 7.67. The highest BCUT2D eigenvalue weighted by molar-refractivity contribution is 7.80. The summed E-state index contributed by atoms with van der Waals surface area (Å²) >= 11 is 4.97. The Morgan fingerprint density at radius 1 is 1.64 bits per heavy atom. The fourth-order valence-corrected chi connectivity index (χ4v) is 1.55. The Balaban J connectivity index is 2.19. The van der Waals surface area contributed by atoms with E-state index in [4.69, 9.17) is 12.2 Å². The van der Waals surface area contributed by atoms with Crippen molar-refractivity contribution in [2.24, 2.45) is 11.0 Å². The van der Waals surface area contributed by atoms with Gasteiger partial charge in [-0.1, -0.05) is 12.2 Å². The molecule has 0 fully saturated rings. The normalized spacial score (nSPS) is 21.1. The van der Waals surface area contributed by atoms with Gasteiger partial charge >= 0.3 is 0 Å². The number of hydrogen-bond donors (Lipinski definition) is 2. The van der Waals surface area contributed by atoms with Crippen LogP contribution in [0.25, 0.3) is 0 Å². The van der Waals surface area contributed by atoms with Gasteiger partial charge in [0.25, 0.3) is 0 Å². The zero-order valence-electron chi connectivity index (χ0n) is 8.49. The van der Waals surface area contributed by atoms with Gasteiger partial charge in [-0.15, -0.1) is 0 Å². The van der Waals surface area contributed by atoms with Gasteiger partial charge in [0, 0.05) is 12.8 Å². The third-order valence-corrected chi connectivity index (χ3v) is 2.33. The lowest BCUT2D eigenvalue weighted by Crippen LogP contribution is -2.31. The Hall–Kier alpha value is -0.900. The fourth-order valence-electron chi connectivity index (χ4n) is 1.35. The smallest absolute Gasteiger partial charge is 0.186 e. The molecule has 0 aliphatic heterocycles. The maximum absolute atomic E-state index is 4.97. The Labute approximate surface area is 90.7 Å². The van der Waals surface area contributed by atoms with E-state index in [9.17, 15) is 0 Å². The number of allylic oxidation sites excluding steroid dienone is 2. The van der Waals surface area contributed by atoms with Crippen molar-refractivity contribution in [3.8, 4) is 0 Å². The standard InChI is InChI=1S/C10H17N3S/c1-2-11-10(14)13-12-8-9-6-4-3-5-7-9/h3-4,8-9H,2,5-7H2,1H3,(H2,11,13,14). The summed E-state index contributed by atoms with van der Waals surface area (Å²) in [4.78, 5) is 0. The van der Waals surface area contributed by atoms with Crippen molar-refractivity contribution in [2.75, 3.05) is 6.54 Å². The molecule has 0 aromatic heterocycles. The van der Waals surface area contributed by atoms with Crippen LogP contribution >= 0.6 is 12.2 Å². The van der Waals surface area contributed by atoms with Crippen molar-refractivity contribution in [1.29, 1.82) is 0 Å². The maximum Gasteiger partial charge on any atom is 0.186 e. The Morgan fingerprint density at radius 3 is 3.14 bits per heavy atom. The molecule has 4 heteroatoms. The largest absolute Gasteiger partial charge is 0.362 e. The van der Waals surface area contributed by atoms with Gasteiger partial charge in [0.05, 0.1) is 0 Å². The molecule has 0 spiro atoms. The minimum atomic E-state index is 0.567. The third-order valence-electron chi connectivity index (χ3n) is 2.10. The van der Waals surface area contributed by atoms with Gasteiger partial charge in [-0.2, -0.15) is 5.10 Å². The lowest BCUT2D eigenvalue weighted by atomic mass is 9.96. The molecule has 0 radical (unpaired) electrons. The van der Waals surface area contributed by atoms with Gasteiger partial charge in [-0.05, 0) is 44.3 Å². The molecule has 0 aromatic carbocycles. The van der Waals surface area contributed by atoms with Crippen molar-refractivity contribution in [1.82, 2.24) is 10.7 Å². The average Bonchev–Trinajstić information content (AvgIpc) is 2.20. The summed E-state index contributed by atoms with van der Waals surface area (Å²) in [6.45, 7) is 2.83. The molecule has 0 aromatic rings. The highest BCUT2D eigenvalue weighted by Crippen LogP contribution is 2.15. The molecular formula is C10H17N3S. The summed E-state index contributed by atoms with van der Waals surface area (Å²) < 4.78 is 0. The van der Waals surface area contributed by atoms with Crippen LogP contribution in [0.1, 0.15) is 26.2 Å². The van der Waals surface area contributed by atoms with Gasteiger partial charge < -0.3 is 5.32 Å². The third kappa shape index (κ3) is 4.37. The van der Waals surface area contributed by atoms with Gasteiger partial charge in [0.2, 0.25) is 0 Å². The number of nitrogens with one attached hydrogen (secondary N) is 2. The Bertz CT molecular complexity index is 236. The van der Waals surface area contributed by atoms with E-state index < -0.39 is 0 Å². The van der Waals surface area contributed by atoms with E-state index in [2.05, 4.69) is 28.0 Å². The number of hydrazone groups is 1. The molecule has 0 amide bonds. The minimum Gasteiger partial charge on any atom is -0.362 e. The summed E-state index contributed by atoms with van der Waals surface area (Å²) in [6, 6.07) is 0. The van der Waals surface area contributed by atoms with Gasteiger partial charge in [0.1, 0.15) is 0 Å². The Morgan fingerprint density at radius 2 is 2.50 bits per heavy atom. The van der Waals surface area contributed by atoms with E-state index in [0.29, 0.717) is 11.0 Å². The molecule has 78 valence electrons. The van der Waals surface area contributed by atoms with Crippen molar-refractivity contribution >= 4 is 23.5 Å². The highest BCUT2D eigenvalue weighted by Gasteiger charge is 2.05. The maximum atomic E-state index is 4.97. The first-order chi connectivity index (χ1) is 6.83. The molecule has 3 nitrogen and oxygen atoms in total. The van der Waals surface area contributed by atoms with Crippen molar-refractivity contribution in [3.63, 3.8) is 0 Å². The van der Waals surface area contributed by atoms with Crippen LogP contribution in [0.3, 0.4) is 0 Å². The molecule has 14 heavy (non-hydrogen) atoms. The second-order valence-corrected chi connectivity index (χ2v) is 3.70. The number of rotatable bonds is 3. The van der Waals surface area contributed by atoms with E-state index in [1.54, 1.807) is 0 Å². The molecule has 0 bridgehead atoms. The van der Waals surface area contributed by atoms with E-state index >= 15 is 0 Å². The predicted molar refractivity (Wildman–Crippen MR) is 64.4 cm³/mol. The lowest BCUT2D eigenvalue weighted by molar-refractivity contribution is 0.624. The monoisotopic (exact) mass is 211 g/mol. The highest BCUT2D eigenvalue weighted by atomic mass is 32.1. The average molecular weight is 211 g/mol. The molecule has 1 aliphatic carbocycles. The molecule has 0 saturated heterocycles. The quantitative estimate of drug-likeness (QED) is 0.323. The molecule has 1 unspecified atom stereocenters. The number of nitrogens with zero attached hydrogens (tertiary/aromatic N) is 1. The molecular weight excluding hydrogens is 194 g/mol. The van der Waals surface area contributed by atoms with E-state index in [0.717, 1.165) is 19.4 Å². The van der Waals surface area contributed by atoms with Crippen LogP contribution in [-0.2, 0) is 0 Å². The summed E-state index contributed by atoms with van der Waals surface area (Å²) in [6.07, 6.45) is 9.83. The van der Waals surface area contributed by atoms with Crippen LogP contribution in [0.4, 0.5) is 0 Å². The van der Waals surface area contributed by atoms with E-state index in [1.165, 1.54) is 6.42 Å². The first-order valence-corrected chi connectivity index (χ1v) is 5.45. The van der Waals surface area contributed by atoms with Crippen LogP contribution in [0.15, 0.2) is 17.3 Å². The topological polar surface area (TPSA) is 36.4 Å².